The number of aryl methyl sites for hydroxylation is 1. The number of hydrogen-bond donors (Lipinski definition) is 0. The molecular formula is C20H22N2OS2. The second kappa shape index (κ2) is 7.67. The maximum absolute atomic E-state index is 12.6. The standard InChI is InChI=1S/C20H22N2OS2/c23-19(11-3-7-16-8-5-13-24-16)22-12-4-6-15(14-22)20-21-17-9-1-2-10-18(17)25-20/h1-2,5,8-10,13,15H,3-4,6-7,11-12,14H2/t15-/m1/s1. The van der Waals surface area contributed by atoms with Crippen molar-refractivity contribution in [3.63, 3.8) is 0 Å². The Hall–Kier alpha value is -1.72. The molecular weight excluding hydrogens is 348 g/mol. The molecule has 0 unspecified atom stereocenters. The molecule has 3 heterocycles. The third-order valence-corrected chi connectivity index (χ3v) is 6.96. The van der Waals surface area contributed by atoms with E-state index in [0.717, 1.165) is 44.3 Å². The van der Waals surface area contributed by atoms with Crippen LogP contribution in [-0.4, -0.2) is 28.9 Å². The number of fused-ring (bicyclic) bond motifs is 1. The molecule has 1 saturated heterocycles. The van der Waals surface area contributed by atoms with Crippen molar-refractivity contribution >= 4 is 38.8 Å². The third kappa shape index (κ3) is 3.93. The van der Waals surface area contributed by atoms with Gasteiger partial charge in [-0.25, -0.2) is 4.98 Å². The van der Waals surface area contributed by atoms with Crippen LogP contribution in [0.4, 0.5) is 0 Å². The molecule has 0 saturated carbocycles. The second-order valence-electron chi connectivity index (χ2n) is 6.63. The van der Waals surface area contributed by atoms with E-state index in [2.05, 4.69) is 40.6 Å². The zero-order valence-electron chi connectivity index (χ0n) is 14.2. The minimum absolute atomic E-state index is 0.308. The first-order chi connectivity index (χ1) is 12.3. The predicted molar refractivity (Wildman–Crippen MR) is 105 cm³/mol. The normalized spacial score (nSPS) is 17.9. The molecule has 0 bridgehead atoms. The molecule has 1 aliphatic rings. The van der Waals surface area contributed by atoms with E-state index in [-0.39, 0.29) is 0 Å². The number of carbonyl (C=O) groups excluding carboxylic acids is 1. The second-order valence-corrected chi connectivity index (χ2v) is 8.73. The highest BCUT2D eigenvalue weighted by molar-refractivity contribution is 7.18. The van der Waals surface area contributed by atoms with Crippen LogP contribution in [-0.2, 0) is 11.2 Å². The molecule has 3 nitrogen and oxygen atoms in total. The number of carbonyl (C=O) groups is 1. The summed E-state index contributed by atoms with van der Waals surface area (Å²) in [5.74, 6) is 0.703. The van der Waals surface area contributed by atoms with Crippen LogP contribution in [0.15, 0.2) is 41.8 Å². The topological polar surface area (TPSA) is 33.2 Å². The van der Waals surface area contributed by atoms with Gasteiger partial charge in [-0.1, -0.05) is 18.2 Å². The van der Waals surface area contributed by atoms with Crippen LogP contribution in [0.5, 0.6) is 0 Å². The zero-order chi connectivity index (χ0) is 17.1. The van der Waals surface area contributed by atoms with Gasteiger partial charge in [-0.3, -0.25) is 4.79 Å². The van der Waals surface area contributed by atoms with Gasteiger partial charge in [-0.15, -0.1) is 22.7 Å². The van der Waals surface area contributed by atoms with E-state index in [1.165, 1.54) is 14.6 Å². The molecule has 25 heavy (non-hydrogen) atoms. The van der Waals surface area contributed by atoms with Crippen LogP contribution in [0.25, 0.3) is 10.2 Å². The Morgan fingerprint density at radius 2 is 2.16 bits per heavy atom. The van der Waals surface area contributed by atoms with Gasteiger partial charge in [-0.2, -0.15) is 0 Å². The molecule has 0 N–H and O–H groups in total. The first-order valence-electron chi connectivity index (χ1n) is 8.95. The number of likely N-dealkylation sites (tertiary alicyclic amines) is 1. The fraction of sp³-hybridized carbons (Fsp3) is 0.400. The lowest BCUT2D eigenvalue weighted by Crippen LogP contribution is -2.39. The fourth-order valence-electron chi connectivity index (χ4n) is 3.50. The van der Waals surface area contributed by atoms with Gasteiger partial charge in [0.2, 0.25) is 5.91 Å². The van der Waals surface area contributed by atoms with E-state index in [0.29, 0.717) is 18.2 Å². The van der Waals surface area contributed by atoms with Gasteiger partial charge in [0.25, 0.3) is 0 Å². The fourth-order valence-corrected chi connectivity index (χ4v) is 5.34. The molecule has 1 aliphatic heterocycles. The number of thiophene rings is 1. The summed E-state index contributed by atoms with van der Waals surface area (Å²) in [7, 11) is 0. The zero-order valence-corrected chi connectivity index (χ0v) is 15.8. The molecule has 1 atom stereocenters. The van der Waals surface area contributed by atoms with Crippen LogP contribution in [0.3, 0.4) is 0 Å². The summed E-state index contributed by atoms with van der Waals surface area (Å²) in [4.78, 5) is 20.8. The Balaban J connectivity index is 1.36. The van der Waals surface area contributed by atoms with E-state index in [1.807, 2.05) is 6.07 Å². The predicted octanol–water partition coefficient (Wildman–Crippen LogP) is 5.09. The van der Waals surface area contributed by atoms with E-state index in [1.54, 1.807) is 22.7 Å². The summed E-state index contributed by atoms with van der Waals surface area (Å²) in [5, 5.41) is 3.29. The SMILES string of the molecule is O=C(CCCc1cccs1)N1CCC[C@@H](c2nc3ccccc3s2)C1. The largest absolute Gasteiger partial charge is 0.342 e. The van der Waals surface area contributed by atoms with Gasteiger partial charge < -0.3 is 4.90 Å². The van der Waals surface area contributed by atoms with Gasteiger partial charge in [0.05, 0.1) is 15.2 Å². The van der Waals surface area contributed by atoms with Gasteiger partial charge >= 0.3 is 0 Å². The third-order valence-electron chi connectivity index (χ3n) is 4.83. The van der Waals surface area contributed by atoms with E-state index in [9.17, 15) is 4.79 Å². The highest BCUT2D eigenvalue weighted by atomic mass is 32.1. The number of rotatable bonds is 5. The Bertz CT molecular complexity index is 807. The van der Waals surface area contributed by atoms with E-state index >= 15 is 0 Å². The lowest BCUT2D eigenvalue weighted by Gasteiger charge is -2.32. The summed E-state index contributed by atoms with van der Waals surface area (Å²) in [6.45, 7) is 1.73. The first-order valence-corrected chi connectivity index (χ1v) is 10.6. The van der Waals surface area contributed by atoms with Crippen molar-refractivity contribution in [3.8, 4) is 0 Å². The quantitative estimate of drug-likeness (QED) is 0.627. The highest BCUT2D eigenvalue weighted by Gasteiger charge is 2.26. The molecule has 130 valence electrons. The van der Waals surface area contributed by atoms with Crippen molar-refractivity contribution in [2.24, 2.45) is 0 Å². The van der Waals surface area contributed by atoms with Crippen LogP contribution < -0.4 is 0 Å². The maximum atomic E-state index is 12.6. The van der Waals surface area contributed by atoms with Crippen LogP contribution in [0, 0.1) is 0 Å². The highest BCUT2D eigenvalue weighted by Crippen LogP contribution is 2.33. The van der Waals surface area contributed by atoms with Crippen LogP contribution in [0.2, 0.25) is 0 Å². The smallest absolute Gasteiger partial charge is 0.222 e. The lowest BCUT2D eigenvalue weighted by molar-refractivity contribution is -0.132. The van der Waals surface area contributed by atoms with Gasteiger partial charge in [0.15, 0.2) is 0 Å². The van der Waals surface area contributed by atoms with Crippen molar-refractivity contribution in [2.75, 3.05) is 13.1 Å². The number of hydrogen-bond acceptors (Lipinski definition) is 4. The molecule has 3 aromatic rings. The van der Waals surface area contributed by atoms with Crippen LogP contribution >= 0.6 is 22.7 Å². The molecule has 1 amide bonds. The van der Waals surface area contributed by atoms with Crippen molar-refractivity contribution in [3.05, 3.63) is 51.7 Å². The van der Waals surface area contributed by atoms with Crippen molar-refractivity contribution in [1.82, 2.24) is 9.88 Å². The van der Waals surface area contributed by atoms with Crippen molar-refractivity contribution in [1.29, 1.82) is 0 Å². The molecule has 5 heteroatoms. The Morgan fingerprint density at radius 1 is 1.24 bits per heavy atom. The number of nitrogens with zero attached hydrogens (tertiary/aromatic N) is 2. The number of piperidine rings is 1. The molecule has 2 aromatic heterocycles. The summed E-state index contributed by atoms with van der Waals surface area (Å²) < 4.78 is 1.25. The number of para-hydroxylation sites is 1. The molecule has 0 spiro atoms. The number of amides is 1. The summed E-state index contributed by atoms with van der Waals surface area (Å²) in [6, 6.07) is 12.5. The average molecular weight is 371 g/mol. The monoisotopic (exact) mass is 370 g/mol. The molecule has 0 aliphatic carbocycles. The molecule has 0 radical (unpaired) electrons. The van der Waals surface area contributed by atoms with E-state index < -0.39 is 0 Å². The number of aromatic nitrogens is 1. The number of thiazole rings is 1. The summed E-state index contributed by atoms with van der Waals surface area (Å²) in [5.41, 5.74) is 1.09. The van der Waals surface area contributed by atoms with Crippen molar-refractivity contribution < 1.29 is 4.79 Å². The van der Waals surface area contributed by atoms with Gasteiger partial charge in [0, 0.05) is 30.3 Å². The van der Waals surface area contributed by atoms with Gasteiger partial charge in [0.1, 0.15) is 0 Å². The van der Waals surface area contributed by atoms with Crippen LogP contribution in [0.1, 0.15) is 41.5 Å². The maximum Gasteiger partial charge on any atom is 0.222 e. The molecule has 4 rings (SSSR count). The Kier molecular flexibility index (Phi) is 5.13. The molecule has 1 fully saturated rings. The lowest BCUT2D eigenvalue weighted by atomic mass is 9.98. The summed E-state index contributed by atoms with van der Waals surface area (Å²) >= 11 is 3.56. The van der Waals surface area contributed by atoms with E-state index in [4.69, 9.17) is 4.98 Å². The van der Waals surface area contributed by atoms with Crippen molar-refractivity contribution in [2.45, 2.75) is 38.0 Å². The minimum atomic E-state index is 0.308. The Morgan fingerprint density at radius 3 is 3.00 bits per heavy atom. The Labute approximate surface area is 156 Å². The first kappa shape index (κ1) is 16.7. The summed E-state index contributed by atoms with van der Waals surface area (Å²) in [6.07, 6.45) is 4.83. The number of benzene rings is 1. The van der Waals surface area contributed by atoms with Gasteiger partial charge in [-0.05, 0) is 49.3 Å². The molecule has 1 aromatic carbocycles. The average Bonchev–Trinajstić information content (AvgIpc) is 3.31. The minimum Gasteiger partial charge on any atom is -0.342 e.